The van der Waals surface area contributed by atoms with Crippen molar-refractivity contribution in [2.75, 3.05) is 0 Å². The molecule has 0 spiro atoms. The van der Waals surface area contributed by atoms with Gasteiger partial charge in [0.1, 0.15) is 11.2 Å². The summed E-state index contributed by atoms with van der Waals surface area (Å²) in [4.78, 5) is 0. The Morgan fingerprint density at radius 3 is 2.06 bits per heavy atom. The Bertz CT molecular complexity index is 3680. The molecule has 3 aromatic heterocycles. The lowest BCUT2D eigenvalue weighted by Gasteiger charge is -2.21. The number of aromatic nitrogens is 1. The molecule has 0 amide bonds. The molecule has 0 aliphatic heterocycles. The number of para-hydroxylation sites is 4. The Kier molecular flexibility index (Phi) is 8.72. The first-order valence-electron chi connectivity index (χ1n) is 21.7. The molecule has 62 heavy (non-hydrogen) atoms. The number of hydrogen-bond acceptors (Lipinski definition) is 2. The molecule has 1 atom stereocenters. The first-order valence-corrected chi connectivity index (χ1v) is 22.6. The molecule has 0 fully saturated rings. The lowest BCUT2D eigenvalue weighted by molar-refractivity contribution is 0.661. The topological polar surface area (TPSA) is 18.1 Å². The maximum atomic E-state index is 6.65. The van der Waals surface area contributed by atoms with Gasteiger partial charge in [-0.25, -0.2) is 0 Å². The molecule has 0 saturated carbocycles. The number of furan rings is 1. The average molecular weight is 814 g/mol. The van der Waals surface area contributed by atoms with E-state index in [9.17, 15) is 0 Å². The van der Waals surface area contributed by atoms with E-state index in [0.29, 0.717) is 5.92 Å². The van der Waals surface area contributed by atoms with Crippen LogP contribution in [0.4, 0.5) is 0 Å². The Morgan fingerprint density at radius 1 is 0.500 bits per heavy atom. The van der Waals surface area contributed by atoms with Crippen molar-refractivity contribution < 1.29 is 4.42 Å². The second-order valence-electron chi connectivity index (χ2n) is 16.7. The van der Waals surface area contributed by atoms with E-state index in [0.717, 1.165) is 40.3 Å². The van der Waals surface area contributed by atoms with Crippen LogP contribution >= 0.6 is 11.3 Å². The summed E-state index contributed by atoms with van der Waals surface area (Å²) in [5.74, 6) is 0.315. The van der Waals surface area contributed by atoms with E-state index in [1.165, 1.54) is 92.2 Å². The van der Waals surface area contributed by atoms with E-state index in [1.807, 2.05) is 11.3 Å². The van der Waals surface area contributed by atoms with Crippen LogP contribution in [-0.4, -0.2) is 4.57 Å². The zero-order valence-electron chi connectivity index (χ0n) is 34.7. The van der Waals surface area contributed by atoms with Crippen molar-refractivity contribution in [1.29, 1.82) is 0 Å². The SMILES string of the molecule is CCC(Cc1ccccc1-c1ccc(-c2ccc3c4ccccc4n(-c4ccccc4)c3c2)cc1C)c1cc(-c2cccc3c2oc2ccccc23)c2sc3ccccc3c2c1. The van der Waals surface area contributed by atoms with E-state index < -0.39 is 0 Å². The molecular weight excluding hydrogens is 771 g/mol. The van der Waals surface area contributed by atoms with Crippen molar-refractivity contribution >= 4 is 75.3 Å². The smallest absolute Gasteiger partial charge is 0.143 e. The molecule has 0 aliphatic rings. The quantitative estimate of drug-likeness (QED) is 0.149. The van der Waals surface area contributed by atoms with Gasteiger partial charge < -0.3 is 8.98 Å². The third-order valence-corrected chi connectivity index (χ3v) is 14.4. The number of thiophene rings is 1. The second-order valence-corrected chi connectivity index (χ2v) is 17.8. The second kappa shape index (κ2) is 14.8. The van der Waals surface area contributed by atoms with Crippen LogP contribution in [0.2, 0.25) is 0 Å². The van der Waals surface area contributed by atoms with Crippen LogP contribution in [0.25, 0.3) is 103 Å². The highest BCUT2D eigenvalue weighted by Gasteiger charge is 2.22. The Labute approximate surface area is 364 Å². The minimum absolute atomic E-state index is 0.315. The van der Waals surface area contributed by atoms with E-state index >= 15 is 0 Å². The summed E-state index contributed by atoms with van der Waals surface area (Å²) in [6.45, 7) is 4.61. The molecule has 9 aromatic carbocycles. The highest BCUT2D eigenvalue weighted by Crippen LogP contribution is 2.46. The number of benzene rings is 9. The van der Waals surface area contributed by atoms with Crippen LogP contribution in [0.15, 0.2) is 199 Å². The zero-order valence-corrected chi connectivity index (χ0v) is 35.5. The molecule has 1 unspecified atom stereocenters. The molecule has 3 heterocycles. The lowest BCUT2D eigenvalue weighted by Crippen LogP contribution is -2.04. The monoisotopic (exact) mass is 813 g/mol. The Balaban J connectivity index is 0.936. The van der Waals surface area contributed by atoms with Crippen molar-refractivity contribution in [2.45, 2.75) is 32.6 Å². The molecule has 0 aliphatic carbocycles. The van der Waals surface area contributed by atoms with Gasteiger partial charge in [0, 0.05) is 58.5 Å². The highest BCUT2D eigenvalue weighted by atomic mass is 32.1. The van der Waals surface area contributed by atoms with Gasteiger partial charge in [-0.15, -0.1) is 11.3 Å². The first-order chi connectivity index (χ1) is 30.6. The fraction of sp³-hybridized carbons (Fsp3) is 0.0847. The van der Waals surface area contributed by atoms with Gasteiger partial charge in [0.2, 0.25) is 0 Å². The fourth-order valence-corrected chi connectivity index (χ4v) is 11.3. The molecule has 12 rings (SSSR count). The molecule has 0 saturated heterocycles. The van der Waals surface area contributed by atoms with E-state index in [1.54, 1.807) is 0 Å². The fourth-order valence-electron chi connectivity index (χ4n) is 10.1. The highest BCUT2D eigenvalue weighted by molar-refractivity contribution is 7.26. The standard InChI is InChI=1S/C59H43NOS/c1-3-38(42-34-52-49-22-11-14-27-57(49)62-59(52)53(35-42)51-24-15-23-50-48-21-10-13-26-56(48)61-58(50)51)33-41-16-7-8-19-45(41)44-30-28-39(32-37(44)2)40-29-31-47-46-20-9-12-25-54(46)60(55(47)36-40)43-17-5-4-6-18-43/h4-32,34-36,38H,3,33H2,1-2H3. The van der Waals surface area contributed by atoms with Crippen LogP contribution in [-0.2, 0) is 6.42 Å². The van der Waals surface area contributed by atoms with Crippen LogP contribution in [0.3, 0.4) is 0 Å². The number of aryl methyl sites for hydroxylation is 1. The molecular formula is C59H43NOS. The molecule has 2 nitrogen and oxygen atoms in total. The van der Waals surface area contributed by atoms with Gasteiger partial charge in [0.25, 0.3) is 0 Å². The largest absolute Gasteiger partial charge is 0.455 e. The minimum Gasteiger partial charge on any atom is -0.455 e. The maximum Gasteiger partial charge on any atom is 0.143 e. The van der Waals surface area contributed by atoms with Crippen LogP contribution in [0, 0.1) is 6.92 Å². The third kappa shape index (κ3) is 5.91. The minimum atomic E-state index is 0.315. The summed E-state index contributed by atoms with van der Waals surface area (Å²) in [6.07, 6.45) is 1.97. The summed E-state index contributed by atoms with van der Waals surface area (Å²) in [5.41, 5.74) is 17.0. The summed E-state index contributed by atoms with van der Waals surface area (Å²) in [6, 6.07) is 71.4. The van der Waals surface area contributed by atoms with Crippen molar-refractivity contribution in [3.63, 3.8) is 0 Å². The van der Waals surface area contributed by atoms with Crippen LogP contribution in [0.1, 0.15) is 36.0 Å². The van der Waals surface area contributed by atoms with Crippen molar-refractivity contribution in [3.8, 4) is 39.1 Å². The van der Waals surface area contributed by atoms with Crippen molar-refractivity contribution in [2.24, 2.45) is 0 Å². The molecule has 296 valence electrons. The van der Waals surface area contributed by atoms with Gasteiger partial charge in [0.15, 0.2) is 0 Å². The molecule has 3 heteroatoms. The van der Waals surface area contributed by atoms with Crippen molar-refractivity contribution in [3.05, 3.63) is 211 Å². The van der Waals surface area contributed by atoms with Gasteiger partial charge in [-0.2, -0.15) is 0 Å². The predicted octanol–water partition coefficient (Wildman–Crippen LogP) is 17.1. The van der Waals surface area contributed by atoms with Gasteiger partial charge >= 0.3 is 0 Å². The van der Waals surface area contributed by atoms with E-state index in [2.05, 4.69) is 213 Å². The van der Waals surface area contributed by atoms with Gasteiger partial charge in [-0.3, -0.25) is 0 Å². The molecule has 0 N–H and O–H groups in total. The van der Waals surface area contributed by atoms with Crippen LogP contribution in [0.5, 0.6) is 0 Å². The number of fused-ring (bicyclic) bond motifs is 9. The van der Waals surface area contributed by atoms with Gasteiger partial charge in [-0.1, -0.05) is 153 Å². The first kappa shape index (κ1) is 36.6. The summed E-state index contributed by atoms with van der Waals surface area (Å²) in [7, 11) is 0. The molecule has 0 bridgehead atoms. The summed E-state index contributed by atoms with van der Waals surface area (Å²) in [5, 5.41) is 7.51. The van der Waals surface area contributed by atoms with Gasteiger partial charge in [0.05, 0.1) is 11.0 Å². The van der Waals surface area contributed by atoms with Crippen molar-refractivity contribution in [1.82, 2.24) is 4.57 Å². The average Bonchev–Trinajstić information content (AvgIpc) is 4.00. The molecule has 0 radical (unpaired) electrons. The summed E-state index contributed by atoms with van der Waals surface area (Å²) >= 11 is 1.89. The van der Waals surface area contributed by atoms with Gasteiger partial charge in [-0.05, 0) is 113 Å². The number of rotatable bonds is 8. The normalized spacial score (nSPS) is 12.4. The van der Waals surface area contributed by atoms with Crippen LogP contribution < -0.4 is 0 Å². The molecule has 12 aromatic rings. The lowest BCUT2D eigenvalue weighted by atomic mass is 9.84. The van der Waals surface area contributed by atoms with E-state index in [4.69, 9.17) is 4.42 Å². The Morgan fingerprint density at radius 2 is 1.19 bits per heavy atom. The number of hydrogen-bond donors (Lipinski definition) is 0. The number of nitrogens with zero attached hydrogens (tertiary/aromatic N) is 1. The zero-order chi connectivity index (χ0) is 41.3. The predicted molar refractivity (Wildman–Crippen MR) is 265 cm³/mol. The third-order valence-electron chi connectivity index (χ3n) is 13.2. The Hall–Kier alpha value is -7.20. The maximum absolute atomic E-state index is 6.65. The van der Waals surface area contributed by atoms with E-state index in [-0.39, 0.29) is 0 Å². The summed E-state index contributed by atoms with van der Waals surface area (Å²) < 4.78 is 11.7.